The minimum absolute atomic E-state index is 0.0613. The third-order valence-corrected chi connectivity index (χ3v) is 3.69. The number of hydrogen-bond acceptors (Lipinski definition) is 5. The highest BCUT2D eigenvalue weighted by molar-refractivity contribution is 5.92. The van der Waals surface area contributed by atoms with Gasteiger partial charge in [0.25, 0.3) is 5.91 Å². The van der Waals surface area contributed by atoms with Crippen molar-refractivity contribution in [2.24, 2.45) is 0 Å². The Bertz CT molecular complexity index is 866. The van der Waals surface area contributed by atoms with Crippen molar-refractivity contribution in [3.8, 4) is 11.5 Å². The summed E-state index contributed by atoms with van der Waals surface area (Å²) in [4.78, 5) is 23.7. The van der Waals surface area contributed by atoms with Crippen molar-refractivity contribution in [1.29, 1.82) is 0 Å². The van der Waals surface area contributed by atoms with Gasteiger partial charge in [0.1, 0.15) is 0 Å². The lowest BCUT2D eigenvalue weighted by atomic mass is 10.1. The first-order chi connectivity index (χ1) is 12.8. The quantitative estimate of drug-likeness (QED) is 0.807. The summed E-state index contributed by atoms with van der Waals surface area (Å²) in [6.45, 7) is -0.623. The van der Waals surface area contributed by atoms with Gasteiger partial charge in [0.2, 0.25) is 6.79 Å². The Morgan fingerprint density at radius 3 is 2.63 bits per heavy atom. The van der Waals surface area contributed by atoms with Gasteiger partial charge < -0.3 is 19.5 Å². The zero-order valence-corrected chi connectivity index (χ0v) is 13.8. The van der Waals surface area contributed by atoms with E-state index in [-0.39, 0.29) is 24.5 Å². The average Bonchev–Trinajstić information content (AvgIpc) is 3.11. The van der Waals surface area contributed by atoms with Gasteiger partial charge in [0.15, 0.2) is 18.1 Å². The number of rotatable bonds is 5. The molecule has 0 fully saturated rings. The molecule has 0 bridgehead atoms. The lowest BCUT2D eigenvalue weighted by Crippen LogP contribution is -2.28. The van der Waals surface area contributed by atoms with E-state index in [2.05, 4.69) is 5.32 Å². The topological polar surface area (TPSA) is 73.9 Å². The number of carbonyl (C=O) groups is 2. The molecule has 1 amide bonds. The van der Waals surface area contributed by atoms with Crippen LogP contribution in [0.5, 0.6) is 11.5 Å². The smallest absolute Gasteiger partial charge is 0.416 e. The number of nitrogens with one attached hydrogen (secondary N) is 1. The standard InChI is InChI=1S/C18H14F3NO5/c19-18(20,21)13-3-1-2-11(6-13)8-22-16(23)9-25-17(24)12-4-5-14-15(7-12)27-10-26-14/h1-7H,8-10H2,(H,22,23). The maximum atomic E-state index is 12.7. The number of carbonyl (C=O) groups excluding carboxylic acids is 2. The number of amides is 1. The summed E-state index contributed by atoms with van der Waals surface area (Å²) in [5.41, 5.74) is -0.339. The number of fused-ring (bicyclic) bond motifs is 1. The van der Waals surface area contributed by atoms with Crippen molar-refractivity contribution in [2.75, 3.05) is 13.4 Å². The number of benzene rings is 2. The second-order valence-corrected chi connectivity index (χ2v) is 5.62. The Hall–Kier alpha value is -3.23. The van der Waals surface area contributed by atoms with Crippen molar-refractivity contribution in [3.05, 3.63) is 59.2 Å². The first-order valence-corrected chi connectivity index (χ1v) is 7.82. The number of esters is 1. The Morgan fingerprint density at radius 1 is 1.07 bits per heavy atom. The van der Waals surface area contributed by atoms with E-state index in [1.807, 2.05) is 0 Å². The summed E-state index contributed by atoms with van der Waals surface area (Å²) in [7, 11) is 0. The zero-order valence-electron chi connectivity index (χ0n) is 13.8. The minimum Gasteiger partial charge on any atom is -0.454 e. The molecule has 9 heteroatoms. The summed E-state index contributed by atoms with van der Waals surface area (Å²) in [6, 6.07) is 9.05. The fourth-order valence-electron chi connectivity index (χ4n) is 2.35. The minimum atomic E-state index is -4.46. The summed E-state index contributed by atoms with van der Waals surface area (Å²) in [6.07, 6.45) is -4.46. The van der Waals surface area contributed by atoms with Crippen LogP contribution in [0.3, 0.4) is 0 Å². The van der Waals surface area contributed by atoms with Gasteiger partial charge in [-0.05, 0) is 35.9 Å². The molecule has 0 radical (unpaired) electrons. The van der Waals surface area contributed by atoms with Crippen LogP contribution in [0.4, 0.5) is 13.2 Å². The maximum absolute atomic E-state index is 12.7. The van der Waals surface area contributed by atoms with Crippen LogP contribution in [-0.2, 0) is 22.3 Å². The van der Waals surface area contributed by atoms with Crippen molar-refractivity contribution < 1.29 is 37.0 Å². The van der Waals surface area contributed by atoms with Crippen LogP contribution in [0, 0.1) is 0 Å². The normalized spacial score (nSPS) is 12.6. The van der Waals surface area contributed by atoms with E-state index in [4.69, 9.17) is 14.2 Å². The largest absolute Gasteiger partial charge is 0.454 e. The van der Waals surface area contributed by atoms with Crippen molar-refractivity contribution >= 4 is 11.9 Å². The molecule has 0 unspecified atom stereocenters. The highest BCUT2D eigenvalue weighted by atomic mass is 19.4. The van der Waals surface area contributed by atoms with Crippen LogP contribution in [0.15, 0.2) is 42.5 Å². The van der Waals surface area contributed by atoms with Crippen LogP contribution in [0.2, 0.25) is 0 Å². The average molecular weight is 381 g/mol. The molecule has 1 heterocycles. The summed E-state index contributed by atoms with van der Waals surface area (Å²) >= 11 is 0. The molecule has 2 aromatic rings. The van der Waals surface area contributed by atoms with E-state index >= 15 is 0 Å². The molecule has 0 aliphatic carbocycles. The van der Waals surface area contributed by atoms with Crippen LogP contribution in [0.1, 0.15) is 21.5 Å². The van der Waals surface area contributed by atoms with Gasteiger partial charge in [-0.15, -0.1) is 0 Å². The van der Waals surface area contributed by atoms with E-state index in [1.165, 1.54) is 24.3 Å². The van der Waals surface area contributed by atoms with E-state index in [1.54, 1.807) is 6.07 Å². The molecular formula is C18H14F3NO5. The number of hydrogen-bond donors (Lipinski definition) is 1. The number of alkyl halides is 3. The first kappa shape index (κ1) is 18.6. The second kappa shape index (κ2) is 7.56. The predicted molar refractivity (Wildman–Crippen MR) is 86.1 cm³/mol. The molecule has 142 valence electrons. The molecule has 1 N–H and O–H groups in total. The number of ether oxygens (including phenoxy) is 3. The molecule has 0 spiro atoms. The molecule has 0 saturated heterocycles. The van der Waals surface area contributed by atoms with Crippen molar-refractivity contribution in [3.63, 3.8) is 0 Å². The molecule has 6 nitrogen and oxygen atoms in total. The van der Waals surface area contributed by atoms with Gasteiger partial charge in [-0.2, -0.15) is 13.2 Å². The van der Waals surface area contributed by atoms with Gasteiger partial charge in [-0.1, -0.05) is 12.1 Å². The molecule has 0 saturated carbocycles. The summed E-state index contributed by atoms with van der Waals surface area (Å²) in [5, 5.41) is 2.40. The first-order valence-electron chi connectivity index (χ1n) is 7.82. The fraction of sp³-hybridized carbons (Fsp3) is 0.222. The lowest BCUT2D eigenvalue weighted by molar-refractivity contribution is -0.137. The summed E-state index contributed by atoms with van der Waals surface area (Å²) in [5.74, 6) is -0.465. The van der Waals surface area contributed by atoms with Crippen molar-refractivity contribution in [2.45, 2.75) is 12.7 Å². The Kier molecular flexibility index (Phi) is 5.20. The van der Waals surface area contributed by atoms with Gasteiger partial charge in [-0.25, -0.2) is 4.79 Å². The van der Waals surface area contributed by atoms with E-state index in [0.717, 1.165) is 12.1 Å². The molecule has 2 aromatic carbocycles. The molecule has 1 aliphatic heterocycles. The Balaban J connectivity index is 1.49. The third-order valence-electron chi connectivity index (χ3n) is 3.69. The molecule has 0 aromatic heterocycles. The molecule has 1 aliphatic rings. The lowest BCUT2D eigenvalue weighted by Gasteiger charge is -2.10. The Labute approximate surface area is 151 Å². The Morgan fingerprint density at radius 2 is 1.85 bits per heavy atom. The van der Waals surface area contributed by atoms with E-state index in [9.17, 15) is 22.8 Å². The van der Waals surface area contributed by atoms with Gasteiger partial charge in [0, 0.05) is 6.54 Å². The van der Waals surface area contributed by atoms with Crippen LogP contribution in [-0.4, -0.2) is 25.3 Å². The maximum Gasteiger partial charge on any atom is 0.416 e. The molecule has 3 rings (SSSR count). The fourth-order valence-corrected chi connectivity index (χ4v) is 2.35. The highest BCUT2D eigenvalue weighted by Gasteiger charge is 2.30. The van der Waals surface area contributed by atoms with Gasteiger partial charge in [-0.3, -0.25) is 4.79 Å². The molecule has 27 heavy (non-hydrogen) atoms. The van der Waals surface area contributed by atoms with Crippen LogP contribution < -0.4 is 14.8 Å². The zero-order chi connectivity index (χ0) is 19.4. The van der Waals surface area contributed by atoms with Crippen LogP contribution >= 0.6 is 0 Å². The van der Waals surface area contributed by atoms with Crippen LogP contribution in [0.25, 0.3) is 0 Å². The summed E-state index contributed by atoms with van der Waals surface area (Å²) < 4.78 is 53.1. The highest BCUT2D eigenvalue weighted by Crippen LogP contribution is 2.32. The van der Waals surface area contributed by atoms with Crippen molar-refractivity contribution in [1.82, 2.24) is 5.32 Å². The number of halogens is 3. The predicted octanol–water partition coefficient (Wildman–Crippen LogP) is 2.91. The molecule has 0 atom stereocenters. The van der Waals surface area contributed by atoms with E-state index in [0.29, 0.717) is 11.5 Å². The van der Waals surface area contributed by atoms with E-state index < -0.39 is 30.2 Å². The second-order valence-electron chi connectivity index (χ2n) is 5.62. The molecular weight excluding hydrogens is 367 g/mol. The monoisotopic (exact) mass is 381 g/mol. The van der Waals surface area contributed by atoms with Gasteiger partial charge in [0.05, 0.1) is 11.1 Å². The SMILES string of the molecule is O=C(COC(=O)c1ccc2c(c1)OCO2)NCc1cccc(C(F)(F)F)c1. The van der Waals surface area contributed by atoms with Gasteiger partial charge >= 0.3 is 12.1 Å². The third kappa shape index (κ3) is 4.69.